The van der Waals surface area contributed by atoms with E-state index in [9.17, 15) is 4.79 Å². The molecule has 21 heavy (non-hydrogen) atoms. The van der Waals surface area contributed by atoms with Gasteiger partial charge in [-0.15, -0.1) is 0 Å². The van der Waals surface area contributed by atoms with Gasteiger partial charge in [0.25, 0.3) is 0 Å². The molecule has 1 aromatic heterocycles. The average Bonchev–Trinajstić information content (AvgIpc) is 2.50. The zero-order chi connectivity index (χ0) is 16.3. The first kappa shape index (κ1) is 19.7. The molecule has 1 fully saturated rings. The Bertz CT molecular complexity index is 385. The molecule has 1 aliphatic heterocycles. The summed E-state index contributed by atoms with van der Waals surface area (Å²) >= 11 is 0. The van der Waals surface area contributed by atoms with Gasteiger partial charge in [-0.2, -0.15) is 0 Å². The molecule has 2 rings (SSSR count). The van der Waals surface area contributed by atoms with Gasteiger partial charge in [-0.25, -0.2) is 0 Å². The SMILES string of the molecule is CC1CCN(C(C)C)CC1.CN.Cc1cc(C=O)ccn1. The Hall–Kier alpha value is -1.26. The van der Waals surface area contributed by atoms with Crippen molar-refractivity contribution in [2.75, 3.05) is 20.1 Å². The lowest BCUT2D eigenvalue weighted by Crippen LogP contribution is -2.37. The second-order valence-corrected chi connectivity index (χ2v) is 5.66. The van der Waals surface area contributed by atoms with Gasteiger partial charge in [-0.3, -0.25) is 9.78 Å². The minimum absolute atomic E-state index is 0.683. The van der Waals surface area contributed by atoms with Crippen LogP contribution in [0.2, 0.25) is 0 Å². The van der Waals surface area contributed by atoms with Crippen LogP contribution in [0.25, 0.3) is 0 Å². The first-order valence-corrected chi connectivity index (χ1v) is 7.72. The lowest BCUT2D eigenvalue weighted by molar-refractivity contribution is 0.112. The van der Waals surface area contributed by atoms with Crippen LogP contribution in [0, 0.1) is 12.8 Å². The highest BCUT2D eigenvalue weighted by molar-refractivity contribution is 5.74. The summed E-state index contributed by atoms with van der Waals surface area (Å²) in [5.74, 6) is 0.968. The molecule has 120 valence electrons. The van der Waals surface area contributed by atoms with E-state index in [2.05, 4.69) is 36.4 Å². The molecule has 1 saturated heterocycles. The van der Waals surface area contributed by atoms with Crippen LogP contribution in [-0.4, -0.2) is 42.3 Å². The number of nitrogens with two attached hydrogens (primary N) is 1. The zero-order valence-corrected chi connectivity index (χ0v) is 14.2. The molecule has 4 nitrogen and oxygen atoms in total. The maximum atomic E-state index is 10.1. The van der Waals surface area contributed by atoms with Gasteiger partial charge < -0.3 is 10.6 Å². The first-order chi connectivity index (χ1) is 10.0. The fourth-order valence-electron chi connectivity index (χ4n) is 2.19. The van der Waals surface area contributed by atoms with Crippen molar-refractivity contribution in [2.45, 2.75) is 46.6 Å². The van der Waals surface area contributed by atoms with Gasteiger partial charge in [0.05, 0.1) is 0 Å². The number of aromatic nitrogens is 1. The molecule has 2 N–H and O–H groups in total. The predicted molar refractivity (Wildman–Crippen MR) is 89.6 cm³/mol. The highest BCUT2D eigenvalue weighted by atomic mass is 16.1. The Morgan fingerprint density at radius 3 is 2.29 bits per heavy atom. The fraction of sp³-hybridized carbons (Fsp3) is 0.647. The summed E-state index contributed by atoms with van der Waals surface area (Å²) in [6.45, 7) is 11.4. The van der Waals surface area contributed by atoms with Crippen LogP contribution in [0.1, 0.15) is 49.7 Å². The quantitative estimate of drug-likeness (QED) is 0.852. The van der Waals surface area contributed by atoms with Crippen molar-refractivity contribution in [2.24, 2.45) is 11.7 Å². The number of aldehydes is 1. The van der Waals surface area contributed by atoms with E-state index in [1.54, 1.807) is 18.3 Å². The smallest absolute Gasteiger partial charge is 0.150 e. The number of likely N-dealkylation sites (tertiary alicyclic amines) is 1. The molecular weight excluding hydrogens is 262 g/mol. The molecule has 1 aromatic rings. The number of carbonyl (C=O) groups is 1. The van der Waals surface area contributed by atoms with E-state index >= 15 is 0 Å². The normalized spacial score (nSPS) is 15.6. The number of pyridine rings is 1. The number of hydrogen-bond acceptors (Lipinski definition) is 4. The van der Waals surface area contributed by atoms with Crippen molar-refractivity contribution >= 4 is 6.29 Å². The van der Waals surface area contributed by atoms with Gasteiger partial charge in [0.1, 0.15) is 6.29 Å². The summed E-state index contributed by atoms with van der Waals surface area (Å²) in [4.78, 5) is 16.6. The zero-order valence-electron chi connectivity index (χ0n) is 14.2. The second-order valence-electron chi connectivity index (χ2n) is 5.66. The minimum atomic E-state index is 0.683. The molecule has 0 unspecified atom stereocenters. The second kappa shape index (κ2) is 11.4. The fourth-order valence-corrected chi connectivity index (χ4v) is 2.19. The van der Waals surface area contributed by atoms with E-state index in [-0.39, 0.29) is 0 Å². The van der Waals surface area contributed by atoms with Gasteiger partial charge in [-0.1, -0.05) is 6.92 Å². The van der Waals surface area contributed by atoms with Crippen LogP contribution in [0.5, 0.6) is 0 Å². The molecule has 4 heteroatoms. The average molecular weight is 293 g/mol. The van der Waals surface area contributed by atoms with Crippen molar-refractivity contribution in [1.82, 2.24) is 9.88 Å². The third-order valence-corrected chi connectivity index (χ3v) is 3.61. The van der Waals surface area contributed by atoms with Crippen LogP contribution < -0.4 is 5.73 Å². The summed E-state index contributed by atoms with van der Waals surface area (Å²) in [6, 6.07) is 4.18. The van der Waals surface area contributed by atoms with Gasteiger partial charge in [0.2, 0.25) is 0 Å². The summed E-state index contributed by atoms with van der Waals surface area (Å²) in [7, 11) is 1.50. The number of aryl methyl sites for hydroxylation is 1. The highest BCUT2D eigenvalue weighted by Crippen LogP contribution is 2.17. The Morgan fingerprint density at radius 1 is 1.33 bits per heavy atom. The first-order valence-electron chi connectivity index (χ1n) is 7.72. The van der Waals surface area contributed by atoms with Crippen LogP contribution in [0.15, 0.2) is 18.3 Å². The summed E-state index contributed by atoms with van der Waals surface area (Å²) in [5.41, 5.74) is 6.06. The number of rotatable bonds is 2. The standard InChI is InChI=1S/C9H19N.C7H7NO.CH5N/c1-8(2)10-6-4-9(3)5-7-10;1-6-4-7(5-9)2-3-8-6;1-2/h8-9H,4-7H2,1-3H3;2-5H,1H3;2H2,1H3. The lowest BCUT2D eigenvalue weighted by atomic mass is 9.98. The summed E-state index contributed by atoms with van der Waals surface area (Å²) < 4.78 is 0. The third kappa shape index (κ3) is 8.58. The lowest BCUT2D eigenvalue weighted by Gasteiger charge is -2.33. The molecule has 0 aliphatic carbocycles. The van der Waals surface area contributed by atoms with Crippen LogP contribution in [0.3, 0.4) is 0 Å². The van der Waals surface area contributed by atoms with Crippen molar-refractivity contribution in [3.05, 3.63) is 29.6 Å². The largest absolute Gasteiger partial charge is 0.333 e. The van der Waals surface area contributed by atoms with Gasteiger partial charge in [-0.05, 0) is 71.8 Å². The van der Waals surface area contributed by atoms with Crippen molar-refractivity contribution in [3.63, 3.8) is 0 Å². The number of nitrogens with zero attached hydrogens (tertiary/aromatic N) is 2. The molecule has 0 spiro atoms. The van der Waals surface area contributed by atoms with E-state index in [1.165, 1.54) is 33.0 Å². The number of carbonyl (C=O) groups excluding carboxylic acids is 1. The molecule has 0 bridgehead atoms. The van der Waals surface area contributed by atoms with E-state index < -0.39 is 0 Å². The van der Waals surface area contributed by atoms with Crippen LogP contribution in [-0.2, 0) is 0 Å². The maximum absolute atomic E-state index is 10.1. The minimum Gasteiger partial charge on any atom is -0.333 e. The summed E-state index contributed by atoms with van der Waals surface area (Å²) in [5, 5.41) is 0. The predicted octanol–water partition coefficient (Wildman–Crippen LogP) is 2.90. The van der Waals surface area contributed by atoms with Crippen molar-refractivity contribution < 1.29 is 4.79 Å². The van der Waals surface area contributed by atoms with Gasteiger partial charge in [0.15, 0.2) is 0 Å². The molecule has 0 radical (unpaired) electrons. The topological polar surface area (TPSA) is 59.2 Å². The number of hydrogen-bond donors (Lipinski definition) is 1. The van der Waals surface area contributed by atoms with Gasteiger partial charge >= 0.3 is 0 Å². The Kier molecular flexibility index (Phi) is 10.7. The van der Waals surface area contributed by atoms with E-state index in [0.717, 1.165) is 23.9 Å². The van der Waals surface area contributed by atoms with Gasteiger partial charge in [0, 0.05) is 23.5 Å². The van der Waals surface area contributed by atoms with E-state index in [1.807, 2.05) is 6.92 Å². The Morgan fingerprint density at radius 2 is 1.90 bits per heavy atom. The van der Waals surface area contributed by atoms with Crippen LogP contribution >= 0.6 is 0 Å². The Balaban J connectivity index is 0.000000342. The molecular formula is C17H31N3O. The molecule has 0 saturated carbocycles. The molecule has 0 amide bonds. The molecule has 0 atom stereocenters. The molecule has 0 aromatic carbocycles. The highest BCUT2D eigenvalue weighted by Gasteiger charge is 2.16. The number of piperidine rings is 1. The molecule has 1 aliphatic rings. The van der Waals surface area contributed by atoms with Crippen molar-refractivity contribution in [1.29, 1.82) is 0 Å². The Labute approximate surface area is 129 Å². The van der Waals surface area contributed by atoms with E-state index in [0.29, 0.717) is 5.56 Å². The van der Waals surface area contributed by atoms with Crippen molar-refractivity contribution in [3.8, 4) is 0 Å². The summed E-state index contributed by atoms with van der Waals surface area (Å²) in [6.07, 6.45) is 5.24. The third-order valence-electron chi connectivity index (χ3n) is 3.61. The van der Waals surface area contributed by atoms with E-state index in [4.69, 9.17) is 0 Å². The maximum Gasteiger partial charge on any atom is 0.150 e. The molecule has 2 heterocycles. The van der Waals surface area contributed by atoms with Crippen LogP contribution in [0.4, 0.5) is 0 Å². The monoisotopic (exact) mass is 293 g/mol.